The second-order valence-corrected chi connectivity index (χ2v) is 5.91. The Labute approximate surface area is 134 Å². The number of carbonyl (C=O) groups excluding carboxylic acids is 1. The fourth-order valence-electron chi connectivity index (χ4n) is 2.47. The lowest BCUT2D eigenvalue weighted by Gasteiger charge is -2.19. The summed E-state index contributed by atoms with van der Waals surface area (Å²) in [4.78, 5) is 21.0. The van der Waals surface area contributed by atoms with E-state index < -0.39 is 22.7 Å². The van der Waals surface area contributed by atoms with Crippen LogP contribution in [0.4, 0.5) is 24.7 Å². The molecule has 0 saturated carbocycles. The van der Waals surface area contributed by atoms with E-state index in [0.717, 1.165) is 31.4 Å². The number of nitrogens with zero attached hydrogens (tertiary/aromatic N) is 3. The average Bonchev–Trinajstić information content (AvgIpc) is 3.19. The van der Waals surface area contributed by atoms with Crippen molar-refractivity contribution in [1.29, 1.82) is 0 Å². The van der Waals surface area contributed by atoms with Crippen LogP contribution in [0.1, 0.15) is 28.2 Å². The number of rotatable bonds is 3. The van der Waals surface area contributed by atoms with Gasteiger partial charge >= 0.3 is 6.18 Å². The number of hydrogen-bond donors (Lipinski definition) is 1. The van der Waals surface area contributed by atoms with Gasteiger partial charge in [0.1, 0.15) is 4.88 Å². The monoisotopic (exact) mass is 342 g/mol. The molecule has 2 aromatic rings. The van der Waals surface area contributed by atoms with Crippen molar-refractivity contribution in [2.75, 3.05) is 23.3 Å². The molecule has 23 heavy (non-hydrogen) atoms. The predicted octanol–water partition coefficient (Wildman–Crippen LogP) is 3.41. The molecule has 0 atom stereocenters. The van der Waals surface area contributed by atoms with Crippen molar-refractivity contribution in [2.24, 2.45) is 0 Å². The number of carbonyl (C=O) groups is 1. The number of thiazole rings is 1. The van der Waals surface area contributed by atoms with E-state index in [1.165, 1.54) is 0 Å². The first-order valence-electron chi connectivity index (χ1n) is 6.99. The van der Waals surface area contributed by atoms with E-state index in [9.17, 15) is 18.0 Å². The van der Waals surface area contributed by atoms with Crippen molar-refractivity contribution in [1.82, 2.24) is 9.97 Å². The zero-order chi connectivity index (χ0) is 16.4. The highest BCUT2D eigenvalue weighted by molar-refractivity contribution is 7.10. The zero-order valence-electron chi connectivity index (χ0n) is 11.9. The molecule has 122 valence electrons. The molecule has 0 aromatic carbocycles. The van der Waals surface area contributed by atoms with E-state index in [1.54, 1.807) is 18.3 Å². The van der Waals surface area contributed by atoms with Crippen molar-refractivity contribution >= 4 is 28.7 Å². The molecule has 0 spiro atoms. The molecule has 1 saturated heterocycles. The third-order valence-corrected chi connectivity index (χ3v) is 4.35. The second kappa shape index (κ2) is 6.15. The standard InChI is InChI=1S/C14H13F3N4OS/c15-14(16,17)11-10(19-8-23-11)13(22)20-9-4-3-5-18-12(9)21-6-1-2-7-21/h3-5,8H,1-2,6-7H2,(H,20,22). The summed E-state index contributed by atoms with van der Waals surface area (Å²) < 4.78 is 38.6. The first-order chi connectivity index (χ1) is 11.0. The summed E-state index contributed by atoms with van der Waals surface area (Å²) in [5, 5.41) is 2.50. The smallest absolute Gasteiger partial charge is 0.355 e. The Morgan fingerprint density at radius 3 is 2.70 bits per heavy atom. The number of aromatic nitrogens is 2. The first-order valence-corrected chi connectivity index (χ1v) is 7.87. The van der Waals surface area contributed by atoms with Crippen LogP contribution in [0.5, 0.6) is 0 Å². The fourth-order valence-corrected chi connectivity index (χ4v) is 3.12. The van der Waals surface area contributed by atoms with E-state index in [0.29, 0.717) is 22.8 Å². The summed E-state index contributed by atoms with van der Waals surface area (Å²) in [6, 6.07) is 3.25. The van der Waals surface area contributed by atoms with Crippen LogP contribution in [0.25, 0.3) is 0 Å². The lowest BCUT2D eigenvalue weighted by Crippen LogP contribution is -2.23. The lowest BCUT2D eigenvalue weighted by molar-refractivity contribution is -0.134. The predicted molar refractivity (Wildman–Crippen MR) is 80.8 cm³/mol. The van der Waals surface area contributed by atoms with Crippen LogP contribution in [-0.2, 0) is 6.18 Å². The summed E-state index contributed by atoms with van der Waals surface area (Å²) in [7, 11) is 0. The van der Waals surface area contributed by atoms with Gasteiger partial charge in [-0.25, -0.2) is 9.97 Å². The van der Waals surface area contributed by atoms with Gasteiger partial charge in [0.15, 0.2) is 11.5 Å². The third-order valence-electron chi connectivity index (χ3n) is 3.48. The van der Waals surface area contributed by atoms with Gasteiger partial charge in [0.05, 0.1) is 11.2 Å². The molecule has 3 rings (SSSR count). The molecule has 1 aliphatic heterocycles. The third kappa shape index (κ3) is 3.29. The largest absolute Gasteiger partial charge is 0.427 e. The first kappa shape index (κ1) is 15.7. The van der Waals surface area contributed by atoms with Crippen LogP contribution in [0, 0.1) is 0 Å². The van der Waals surface area contributed by atoms with Crippen molar-refractivity contribution in [3.63, 3.8) is 0 Å². The van der Waals surface area contributed by atoms with Gasteiger partial charge in [-0.05, 0) is 25.0 Å². The quantitative estimate of drug-likeness (QED) is 0.929. The minimum Gasteiger partial charge on any atom is -0.355 e. The van der Waals surface area contributed by atoms with Gasteiger partial charge in [-0.15, -0.1) is 11.3 Å². The van der Waals surface area contributed by atoms with Crippen LogP contribution in [0.3, 0.4) is 0 Å². The van der Waals surface area contributed by atoms with Gasteiger partial charge in [0, 0.05) is 19.3 Å². The molecular formula is C14H13F3N4OS. The Kier molecular flexibility index (Phi) is 4.20. The Morgan fingerprint density at radius 2 is 2.00 bits per heavy atom. The van der Waals surface area contributed by atoms with Gasteiger partial charge in [0.2, 0.25) is 0 Å². The molecule has 0 unspecified atom stereocenters. The van der Waals surface area contributed by atoms with E-state index in [4.69, 9.17) is 0 Å². The molecule has 1 aliphatic rings. The highest BCUT2D eigenvalue weighted by Crippen LogP contribution is 2.35. The molecule has 0 radical (unpaired) electrons. The highest BCUT2D eigenvalue weighted by atomic mass is 32.1. The van der Waals surface area contributed by atoms with Gasteiger partial charge in [-0.2, -0.15) is 13.2 Å². The summed E-state index contributed by atoms with van der Waals surface area (Å²) in [6.45, 7) is 1.62. The molecule has 1 N–H and O–H groups in total. The molecule has 0 aliphatic carbocycles. The average molecular weight is 342 g/mol. The van der Waals surface area contributed by atoms with Crippen molar-refractivity contribution < 1.29 is 18.0 Å². The number of anilines is 2. The summed E-state index contributed by atoms with van der Waals surface area (Å²) in [6.07, 6.45) is -0.962. The molecule has 9 heteroatoms. The van der Waals surface area contributed by atoms with Gasteiger partial charge in [0.25, 0.3) is 5.91 Å². The van der Waals surface area contributed by atoms with Gasteiger partial charge in [-0.3, -0.25) is 4.79 Å². The zero-order valence-corrected chi connectivity index (χ0v) is 12.7. The highest BCUT2D eigenvalue weighted by Gasteiger charge is 2.38. The van der Waals surface area contributed by atoms with E-state index in [-0.39, 0.29) is 0 Å². The maximum absolute atomic E-state index is 12.9. The Morgan fingerprint density at radius 1 is 1.26 bits per heavy atom. The van der Waals surface area contributed by atoms with Crippen molar-refractivity contribution in [3.05, 3.63) is 34.4 Å². The van der Waals surface area contributed by atoms with Crippen molar-refractivity contribution in [3.8, 4) is 0 Å². The molecule has 0 bridgehead atoms. The van der Waals surface area contributed by atoms with Crippen LogP contribution in [0.15, 0.2) is 23.8 Å². The molecule has 5 nitrogen and oxygen atoms in total. The van der Waals surface area contributed by atoms with E-state index >= 15 is 0 Å². The molecule has 3 heterocycles. The number of alkyl halides is 3. The Bertz CT molecular complexity index is 710. The number of nitrogens with one attached hydrogen (secondary N) is 1. The van der Waals surface area contributed by atoms with Crippen LogP contribution < -0.4 is 10.2 Å². The number of amides is 1. The Balaban J connectivity index is 1.85. The van der Waals surface area contributed by atoms with Crippen molar-refractivity contribution in [2.45, 2.75) is 19.0 Å². The fraction of sp³-hybridized carbons (Fsp3) is 0.357. The number of pyridine rings is 1. The second-order valence-electron chi connectivity index (χ2n) is 5.05. The van der Waals surface area contributed by atoms with Crippen LogP contribution in [0.2, 0.25) is 0 Å². The SMILES string of the molecule is O=C(Nc1cccnc1N1CCCC1)c1ncsc1C(F)(F)F. The Hall–Kier alpha value is -2.16. The topological polar surface area (TPSA) is 58.1 Å². The summed E-state index contributed by atoms with van der Waals surface area (Å²) >= 11 is 0.402. The minimum absolute atomic E-state index is 0.389. The van der Waals surface area contributed by atoms with Gasteiger partial charge < -0.3 is 10.2 Å². The molecule has 1 fully saturated rings. The molecule has 2 aromatic heterocycles. The summed E-state index contributed by atoms with van der Waals surface area (Å²) in [5.41, 5.74) is 0.793. The summed E-state index contributed by atoms with van der Waals surface area (Å²) in [5.74, 6) is -0.311. The van der Waals surface area contributed by atoms with E-state index in [2.05, 4.69) is 15.3 Å². The van der Waals surface area contributed by atoms with Gasteiger partial charge in [-0.1, -0.05) is 0 Å². The molecule has 1 amide bonds. The lowest BCUT2D eigenvalue weighted by atomic mass is 10.3. The maximum Gasteiger partial charge on any atom is 0.427 e. The normalized spacial score (nSPS) is 15.0. The van der Waals surface area contributed by atoms with E-state index in [1.807, 2.05) is 4.90 Å². The number of hydrogen-bond acceptors (Lipinski definition) is 5. The maximum atomic E-state index is 12.9. The minimum atomic E-state index is -4.60. The van der Waals surface area contributed by atoms with Crippen LogP contribution in [-0.4, -0.2) is 29.0 Å². The molecular weight excluding hydrogens is 329 g/mol. The van der Waals surface area contributed by atoms with Crippen LogP contribution >= 0.6 is 11.3 Å². The number of halogens is 3.